The fourth-order valence-corrected chi connectivity index (χ4v) is 2.27. The summed E-state index contributed by atoms with van der Waals surface area (Å²) in [5.74, 6) is -0.744. The van der Waals surface area contributed by atoms with Crippen LogP contribution in [0.4, 0.5) is 4.39 Å². The number of rotatable bonds is 2. The Morgan fingerprint density at radius 3 is 3.00 bits per heavy atom. The summed E-state index contributed by atoms with van der Waals surface area (Å²) in [6.45, 7) is 0.583. The molecule has 0 unspecified atom stereocenters. The number of benzene rings is 1. The lowest BCUT2D eigenvalue weighted by molar-refractivity contribution is 0.0677. The summed E-state index contributed by atoms with van der Waals surface area (Å²) in [4.78, 5) is 13.7. The zero-order valence-electron chi connectivity index (χ0n) is 9.20. The predicted molar refractivity (Wildman–Crippen MR) is 62.6 cm³/mol. The number of hydrogen-bond donors (Lipinski definition) is 1. The number of halogens is 2. The summed E-state index contributed by atoms with van der Waals surface area (Å²) in [6, 6.07) is 3.79. The number of nitrogens with zero attached hydrogens (tertiary/aromatic N) is 1. The largest absolute Gasteiger partial charge is 0.394 e. The van der Waals surface area contributed by atoms with E-state index in [9.17, 15) is 9.18 Å². The van der Waals surface area contributed by atoms with E-state index >= 15 is 0 Å². The van der Waals surface area contributed by atoms with E-state index < -0.39 is 5.82 Å². The molecule has 0 saturated carbocycles. The van der Waals surface area contributed by atoms with Crippen LogP contribution >= 0.6 is 11.6 Å². The van der Waals surface area contributed by atoms with Crippen LogP contribution in [0.3, 0.4) is 0 Å². The molecule has 2 rings (SSSR count). The first-order chi connectivity index (χ1) is 8.13. The zero-order chi connectivity index (χ0) is 12.4. The van der Waals surface area contributed by atoms with Crippen molar-refractivity contribution in [2.24, 2.45) is 0 Å². The van der Waals surface area contributed by atoms with Crippen molar-refractivity contribution in [3.8, 4) is 0 Å². The molecular formula is C12H13ClFNO2. The maximum absolute atomic E-state index is 13.0. The van der Waals surface area contributed by atoms with E-state index in [1.165, 1.54) is 18.2 Å². The van der Waals surface area contributed by atoms with Gasteiger partial charge in [-0.3, -0.25) is 4.79 Å². The second kappa shape index (κ2) is 5.02. The topological polar surface area (TPSA) is 40.5 Å². The van der Waals surface area contributed by atoms with Gasteiger partial charge in [-0.25, -0.2) is 4.39 Å². The maximum Gasteiger partial charge on any atom is 0.254 e. The third kappa shape index (κ3) is 2.42. The van der Waals surface area contributed by atoms with Crippen LogP contribution in [0.5, 0.6) is 0 Å². The normalized spacial score (nSPS) is 19.7. The average molecular weight is 258 g/mol. The Bertz CT molecular complexity index is 439. The lowest BCUT2D eigenvalue weighted by Gasteiger charge is -2.23. The highest BCUT2D eigenvalue weighted by molar-refractivity contribution is 6.31. The number of likely N-dealkylation sites (tertiary alicyclic amines) is 1. The number of aliphatic hydroxyl groups excluding tert-OH is 1. The van der Waals surface area contributed by atoms with Gasteiger partial charge in [0.05, 0.1) is 17.7 Å². The molecule has 92 valence electrons. The summed E-state index contributed by atoms with van der Waals surface area (Å²) in [7, 11) is 0. The Kier molecular flexibility index (Phi) is 3.64. The molecule has 0 bridgehead atoms. The lowest BCUT2D eigenvalue weighted by Crippen LogP contribution is -2.37. The summed E-state index contributed by atoms with van der Waals surface area (Å²) in [6.07, 6.45) is 1.68. The molecule has 0 aliphatic carbocycles. The lowest BCUT2D eigenvalue weighted by atomic mass is 10.1. The van der Waals surface area contributed by atoms with E-state index in [2.05, 4.69) is 0 Å². The number of amides is 1. The Balaban J connectivity index is 2.21. The molecule has 1 saturated heterocycles. The Hall–Kier alpha value is -1.13. The predicted octanol–water partition coefficient (Wildman–Crippen LogP) is 2.08. The van der Waals surface area contributed by atoms with Crippen molar-refractivity contribution in [2.45, 2.75) is 18.9 Å². The average Bonchev–Trinajstić information content (AvgIpc) is 2.80. The Morgan fingerprint density at radius 2 is 2.35 bits per heavy atom. The number of hydrogen-bond acceptors (Lipinski definition) is 2. The van der Waals surface area contributed by atoms with Crippen LogP contribution in [0.2, 0.25) is 5.02 Å². The van der Waals surface area contributed by atoms with Gasteiger partial charge in [0.25, 0.3) is 5.91 Å². The minimum absolute atomic E-state index is 0.0410. The van der Waals surface area contributed by atoms with Crippen molar-refractivity contribution in [2.75, 3.05) is 13.2 Å². The van der Waals surface area contributed by atoms with Gasteiger partial charge in [0.15, 0.2) is 0 Å². The molecule has 1 aromatic carbocycles. The van der Waals surface area contributed by atoms with E-state index in [0.717, 1.165) is 12.8 Å². The van der Waals surface area contributed by atoms with Gasteiger partial charge < -0.3 is 10.0 Å². The van der Waals surface area contributed by atoms with Gasteiger partial charge >= 0.3 is 0 Å². The number of aliphatic hydroxyl groups is 1. The van der Waals surface area contributed by atoms with Gasteiger partial charge in [-0.1, -0.05) is 11.6 Å². The third-order valence-corrected chi connectivity index (χ3v) is 3.30. The SMILES string of the molecule is O=C(c1ccc(F)c(Cl)c1)N1CCC[C@H]1CO. The van der Waals surface area contributed by atoms with Gasteiger partial charge in [-0.15, -0.1) is 0 Å². The van der Waals surface area contributed by atoms with E-state index in [1.807, 2.05) is 0 Å². The number of carbonyl (C=O) groups excluding carboxylic acids is 1. The molecule has 1 aliphatic heterocycles. The molecule has 1 N–H and O–H groups in total. The first-order valence-corrected chi connectivity index (χ1v) is 5.88. The van der Waals surface area contributed by atoms with Crippen LogP contribution in [-0.4, -0.2) is 35.1 Å². The summed E-state index contributed by atoms with van der Waals surface area (Å²) in [5.41, 5.74) is 0.358. The standard InChI is InChI=1S/C12H13ClFNO2/c13-10-6-8(3-4-11(10)14)12(17)15-5-1-2-9(15)7-16/h3-4,6,9,16H,1-2,5,7H2/t9-/m0/s1. The minimum atomic E-state index is -0.539. The second-order valence-corrected chi connectivity index (χ2v) is 4.51. The van der Waals surface area contributed by atoms with Gasteiger partial charge in [0, 0.05) is 12.1 Å². The molecule has 0 spiro atoms. The van der Waals surface area contributed by atoms with E-state index in [0.29, 0.717) is 12.1 Å². The minimum Gasteiger partial charge on any atom is -0.394 e. The van der Waals surface area contributed by atoms with Crippen molar-refractivity contribution in [1.29, 1.82) is 0 Å². The molecule has 1 heterocycles. The monoisotopic (exact) mass is 257 g/mol. The smallest absolute Gasteiger partial charge is 0.254 e. The zero-order valence-corrected chi connectivity index (χ0v) is 9.95. The first kappa shape index (κ1) is 12.3. The van der Waals surface area contributed by atoms with E-state index in [1.54, 1.807) is 4.90 Å². The molecule has 0 aromatic heterocycles. The highest BCUT2D eigenvalue weighted by atomic mass is 35.5. The molecule has 1 amide bonds. The van der Waals surface area contributed by atoms with Crippen molar-refractivity contribution >= 4 is 17.5 Å². The fourth-order valence-electron chi connectivity index (χ4n) is 2.09. The van der Waals surface area contributed by atoms with E-state index in [-0.39, 0.29) is 23.6 Å². The van der Waals surface area contributed by atoms with Crippen molar-refractivity contribution in [3.05, 3.63) is 34.6 Å². The van der Waals surface area contributed by atoms with Crippen molar-refractivity contribution < 1.29 is 14.3 Å². The van der Waals surface area contributed by atoms with Gasteiger partial charge in [0.2, 0.25) is 0 Å². The highest BCUT2D eigenvalue weighted by Crippen LogP contribution is 2.22. The van der Waals surface area contributed by atoms with Crippen molar-refractivity contribution in [3.63, 3.8) is 0 Å². The second-order valence-electron chi connectivity index (χ2n) is 4.11. The summed E-state index contributed by atoms with van der Waals surface area (Å²) in [5, 5.41) is 9.09. The molecule has 1 atom stereocenters. The highest BCUT2D eigenvalue weighted by Gasteiger charge is 2.28. The molecule has 1 fully saturated rings. The third-order valence-electron chi connectivity index (χ3n) is 3.02. The van der Waals surface area contributed by atoms with Gasteiger partial charge in [0.1, 0.15) is 5.82 Å². The van der Waals surface area contributed by atoms with E-state index in [4.69, 9.17) is 16.7 Å². The fraction of sp³-hybridized carbons (Fsp3) is 0.417. The van der Waals surface area contributed by atoms with Crippen LogP contribution in [0, 0.1) is 5.82 Å². The van der Waals surface area contributed by atoms with Crippen LogP contribution in [0.25, 0.3) is 0 Å². The molecular weight excluding hydrogens is 245 g/mol. The van der Waals surface area contributed by atoms with Crippen LogP contribution in [0.1, 0.15) is 23.2 Å². The summed E-state index contributed by atoms with van der Waals surface area (Å²) < 4.78 is 13.0. The molecule has 17 heavy (non-hydrogen) atoms. The van der Waals surface area contributed by atoms with Crippen LogP contribution in [-0.2, 0) is 0 Å². The van der Waals surface area contributed by atoms with Crippen LogP contribution in [0.15, 0.2) is 18.2 Å². The van der Waals surface area contributed by atoms with Crippen molar-refractivity contribution in [1.82, 2.24) is 4.90 Å². The van der Waals surface area contributed by atoms with Crippen LogP contribution < -0.4 is 0 Å². The Labute approximate surface area is 104 Å². The number of carbonyl (C=O) groups is 1. The molecule has 3 nitrogen and oxygen atoms in total. The van der Waals surface area contributed by atoms with Gasteiger partial charge in [-0.2, -0.15) is 0 Å². The first-order valence-electron chi connectivity index (χ1n) is 5.50. The quantitative estimate of drug-likeness (QED) is 0.881. The maximum atomic E-state index is 13.0. The molecule has 1 aliphatic rings. The Morgan fingerprint density at radius 1 is 1.59 bits per heavy atom. The molecule has 1 aromatic rings. The molecule has 5 heteroatoms. The molecule has 0 radical (unpaired) electrons. The van der Waals surface area contributed by atoms with Gasteiger partial charge in [-0.05, 0) is 31.0 Å². The summed E-state index contributed by atoms with van der Waals surface area (Å²) >= 11 is 5.64.